The minimum atomic E-state index is -0.907. The molecule has 0 saturated carbocycles. The van der Waals surface area contributed by atoms with Crippen LogP contribution >= 0.6 is 0 Å². The third-order valence-corrected chi connectivity index (χ3v) is 4.13. The van der Waals surface area contributed by atoms with Crippen LogP contribution in [0.3, 0.4) is 0 Å². The van der Waals surface area contributed by atoms with Gasteiger partial charge in [-0.25, -0.2) is 9.78 Å². The van der Waals surface area contributed by atoms with Crippen LogP contribution in [0.15, 0.2) is 48.5 Å². The molecule has 1 aliphatic heterocycles. The maximum absolute atomic E-state index is 12.8. The third kappa shape index (κ3) is 2.81. The van der Waals surface area contributed by atoms with Crippen LogP contribution in [0.2, 0.25) is 0 Å². The van der Waals surface area contributed by atoms with Crippen molar-refractivity contribution in [3.63, 3.8) is 0 Å². The zero-order chi connectivity index (χ0) is 16.4. The first kappa shape index (κ1) is 15.5. The summed E-state index contributed by atoms with van der Waals surface area (Å²) in [5.41, 5.74) is 2.13. The van der Waals surface area contributed by atoms with Crippen molar-refractivity contribution in [1.29, 1.82) is 0 Å². The molecule has 1 unspecified atom stereocenters. The summed E-state index contributed by atoms with van der Waals surface area (Å²) in [7, 11) is 1.59. The van der Waals surface area contributed by atoms with Crippen LogP contribution in [0.5, 0.6) is 5.75 Å². The highest BCUT2D eigenvalue weighted by atomic mass is 17.2. The van der Waals surface area contributed by atoms with Gasteiger partial charge in [-0.3, -0.25) is 0 Å². The van der Waals surface area contributed by atoms with Crippen molar-refractivity contribution in [2.45, 2.75) is 19.4 Å². The highest BCUT2D eigenvalue weighted by Gasteiger charge is 2.47. The number of rotatable bonds is 3. The topological polar surface area (TPSA) is 53.8 Å². The molecule has 0 N–H and O–H groups in total. The zero-order valence-corrected chi connectivity index (χ0v) is 13.4. The molecular weight excluding hydrogens is 294 g/mol. The first-order valence-electron chi connectivity index (χ1n) is 7.40. The second kappa shape index (κ2) is 6.02. The minimum absolute atomic E-state index is 0.125. The molecule has 1 atom stereocenters. The molecule has 1 fully saturated rings. The maximum atomic E-state index is 12.8. The van der Waals surface area contributed by atoms with Crippen LogP contribution in [0, 0.1) is 12.1 Å². The van der Waals surface area contributed by atoms with Crippen LogP contribution in [-0.2, 0) is 15.4 Å². The van der Waals surface area contributed by atoms with E-state index in [1.165, 1.54) is 0 Å². The van der Waals surface area contributed by atoms with E-state index in [1.54, 1.807) is 31.4 Å². The molecule has 0 spiro atoms. The number of nitrogens with zero attached hydrogens (tertiary/aromatic N) is 1. The largest absolute Gasteiger partial charge is 0.618 e. The number of methoxy groups -OCH3 is 1. The predicted molar refractivity (Wildman–Crippen MR) is 86.9 cm³/mol. The van der Waals surface area contributed by atoms with Crippen LogP contribution < -0.4 is 4.74 Å². The molecule has 0 aliphatic carbocycles. The lowest BCUT2D eigenvalue weighted by atomic mass is 9.90. The highest BCUT2D eigenvalue weighted by Crippen LogP contribution is 2.33. The summed E-state index contributed by atoms with van der Waals surface area (Å²) in [6.07, 6.45) is 0. The van der Waals surface area contributed by atoms with E-state index in [9.17, 15) is 5.21 Å². The average Bonchev–Trinajstić information content (AvgIpc) is 2.97. The summed E-state index contributed by atoms with van der Waals surface area (Å²) in [5.74, 6) is 0.701. The van der Waals surface area contributed by atoms with Crippen LogP contribution in [0.4, 0.5) is 5.69 Å². The Hall–Kier alpha value is -2.37. The molecule has 120 valence electrons. The molecule has 2 aromatic rings. The van der Waals surface area contributed by atoms with E-state index in [-0.39, 0.29) is 6.61 Å². The van der Waals surface area contributed by atoms with Gasteiger partial charge in [0.2, 0.25) is 17.0 Å². The van der Waals surface area contributed by atoms with Gasteiger partial charge < -0.3 is 9.94 Å². The number of hydrogen-bond donors (Lipinski definition) is 0. The van der Waals surface area contributed by atoms with Crippen molar-refractivity contribution >= 4 is 11.4 Å². The molecule has 1 heterocycles. The monoisotopic (exact) mass is 313 g/mol. The molecule has 5 nitrogen and oxygen atoms in total. The summed E-state index contributed by atoms with van der Waals surface area (Å²) in [4.78, 5) is 10.6. The molecule has 0 bridgehead atoms. The minimum Gasteiger partial charge on any atom is -0.618 e. The van der Waals surface area contributed by atoms with E-state index in [1.807, 2.05) is 38.1 Å². The normalized spacial score (nSPS) is 22.9. The third-order valence-electron chi connectivity index (χ3n) is 4.13. The van der Waals surface area contributed by atoms with Crippen molar-refractivity contribution in [1.82, 2.24) is 0 Å². The lowest BCUT2D eigenvalue weighted by Crippen LogP contribution is -2.34. The molecular formula is C18H19NO4. The molecule has 5 heteroatoms. The molecule has 1 saturated heterocycles. The molecule has 3 rings (SSSR count). The van der Waals surface area contributed by atoms with E-state index in [2.05, 4.69) is 0 Å². The Kier molecular flexibility index (Phi) is 4.07. The summed E-state index contributed by atoms with van der Waals surface area (Å²) in [6.45, 7) is 3.98. The SMILES string of the molecule is COc1ccc(/[N+]([O-])=C2\COOC2(C)c2ccc(C)cc2)cc1. The first-order valence-corrected chi connectivity index (χ1v) is 7.40. The Morgan fingerprint density at radius 3 is 2.35 bits per heavy atom. The maximum Gasteiger partial charge on any atom is 0.238 e. The number of hydrogen-bond acceptors (Lipinski definition) is 4. The lowest BCUT2D eigenvalue weighted by molar-refractivity contribution is -0.368. The molecule has 0 aromatic heterocycles. The van der Waals surface area contributed by atoms with Crippen LogP contribution in [0.25, 0.3) is 0 Å². The van der Waals surface area contributed by atoms with Gasteiger partial charge in [-0.2, -0.15) is 4.74 Å². The number of benzene rings is 2. The Bertz CT molecular complexity index is 722. The van der Waals surface area contributed by atoms with Gasteiger partial charge in [0.1, 0.15) is 5.75 Å². The van der Waals surface area contributed by atoms with E-state index in [0.717, 1.165) is 15.9 Å². The fourth-order valence-electron chi connectivity index (χ4n) is 2.60. The highest BCUT2D eigenvalue weighted by molar-refractivity contribution is 5.92. The van der Waals surface area contributed by atoms with Gasteiger partial charge in [0.25, 0.3) is 0 Å². The van der Waals surface area contributed by atoms with Gasteiger partial charge in [-0.1, -0.05) is 29.8 Å². The van der Waals surface area contributed by atoms with Crippen molar-refractivity contribution in [2.75, 3.05) is 13.7 Å². The van der Waals surface area contributed by atoms with Crippen molar-refractivity contribution < 1.29 is 19.3 Å². The summed E-state index contributed by atoms with van der Waals surface area (Å²) in [5, 5.41) is 12.8. The lowest BCUT2D eigenvalue weighted by Gasteiger charge is -2.21. The van der Waals surface area contributed by atoms with Crippen molar-refractivity contribution in [2.24, 2.45) is 0 Å². The Balaban J connectivity index is 2.03. The summed E-state index contributed by atoms with van der Waals surface area (Å²) < 4.78 is 5.99. The molecule has 1 aliphatic rings. The Labute approximate surface area is 135 Å². The van der Waals surface area contributed by atoms with E-state index >= 15 is 0 Å². The van der Waals surface area contributed by atoms with E-state index < -0.39 is 5.60 Å². The molecule has 2 aromatic carbocycles. The van der Waals surface area contributed by atoms with Gasteiger partial charge >= 0.3 is 0 Å². The Morgan fingerprint density at radius 1 is 1.09 bits per heavy atom. The van der Waals surface area contributed by atoms with Gasteiger partial charge in [0.15, 0.2) is 6.61 Å². The fraction of sp³-hybridized carbons (Fsp3) is 0.278. The zero-order valence-electron chi connectivity index (χ0n) is 13.4. The van der Waals surface area contributed by atoms with Crippen molar-refractivity contribution in [3.8, 4) is 5.75 Å². The quantitative estimate of drug-likeness (QED) is 0.377. The van der Waals surface area contributed by atoms with E-state index in [4.69, 9.17) is 14.5 Å². The second-order valence-corrected chi connectivity index (χ2v) is 5.68. The average molecular weight is 313 g/mol. The van der Waals surface area contributed by atoms with Crippen LogP contribution in [0.1, 0.15) is 18.1 Å². The standard InChI is InChI=1S/C18H19NO4/c1-13-4-6-14(7-5-13)18(2)17(12-22-23-18)19(20)15-8-10-16(21-3)11-9-15/h4-11H,12H2,1-3H3/b19-17-. The van der Waals surface area contributed by atoms with Gasteiger partial charge in [0, 0.05) is 12.1 Å². The van der Waals surface area contributed by atoms with Crippen molar-refractivity contribution in [3.05, 3.63) is 64.9 Å². The van der Waals surface area contributed by atoms with Gasteiger partial charge in [-0.05, 0) is 31.5 Å². The number of ether oxygens (including phenoxy) is 1. The molecule has 0 radical (unpaired) electrons. The van der Waals surface area contributed by atoms with Crippen LogP contribution in [-0.4, -0.2) is 24.2 Å². The first-order chi connectivity index (χ1) is 11.0. The second-order valence-electron chi connectivity index (χ2n) is 5.68. The smallest absolute Gasteiger partial charge is 0.238 e. The van der Waals surface area contributed by atoms with Gasteiger partial charge in [0.05, 0.1) is 7.11 Å². The predicted octanol–water partition coefficient (Wildman–Crippen LogP) is 3.46. The van der Waals surface area contributed by atoms with E-state index in [0.29, 0.717) is 17.1 Å². The Morgan fingerprint density at radius 2 is 1.74 bits per heavy atom. The summed E-state index contributed by atoms with van der Waals surface area (Å²) in [6, 6.07) is 14.8. The summed E-state index contributed by atoms with van der Waals surface area (Å²) >= 11 is 0. The van der Waals surface area contributed by atoms with Gasteiger partial charge in [-0.15, -0.1) is 0 Å². The molecule has 23 heavy (non-hydrogen) atoms. The fourth-order valence-corrected chi connectivity index (χ4v) is 2.60. The number of aryl methyl sites for hydroxylation is 1. The molecule has 0 amide bonds.